The Morgan fingerprint density at radius 2 is 2.19 bits per heavy atom. The maximum Gasteiger partial charge on any atom is 0.258 e. The van der Waals surface area contributed by atoms with Crippen molar-refractivity contribution in [1.82, 2.24) is 4.98 Å². The number of fused-ring (bicyclic) bond motifs is 1. The largest absolute Gasteiger partial charge is 0.324 e. The maximum absolute atomic E-state index is 12.6. The van der Waals surface area contributed by atoms with E-state index in [-0.39, 0.29) is 11.9 Å². The second-order valence-corrected chi connectivity index (χ2v) is 5.64. The van der Waals surface area contributed by atoms with E-state index in [1.54, 1.807) is 23.2 Å². The van der Waals surface area contributed by atoms with Crippen molar-refractivity contribution in [3.05, 3.63) is 58.4 Å². The van der Waals surface area contributed by atoms with Gasteiger partial charge in [-0.3, -0.25) is 4.79 Å². The Bertz CT molecular complexity index is 700. The Morgan fingerprint density at radius 3 is 2.90 bits per heavy atom. The van der Waals surface area contributed by atoms with E-state index < -0.39 is 0 Å². The molecule has 0 fully saturated rings. The predicted molar refractivity (Wildman–Crippen MR) is 83.7 cm³/mol. The molecule has 1 aliphatic rings. The highest BCUT2D eigenvalue weighted by Gasteiger charge is 2.26. The number of pyridine rings is 1. The Balaban J connectivity index is 1.92. The molecule has 3 rings (SSSR count). The van der Waals surface area contributed by atoms with E-state index in [4.69, 9.17) is 17.3 Å². The van der Waals surface area contributed by atoms with Gasteiger partial charge in [-0.15, -0.1) is 0 Å². The highest BCUT2D eigenvalue weighted by atomic mass is 35.5. The Hall–Kier alpha value is -1.91. The van der Waals surface area contributed by atoms with Crippen LogP contribution in [-0.4, -0.2) is 17.4 Å². The van der Waals surface area contributed by atoms with E-state index in [1.165, 1.54) is 5.56 Å². The molecule has 1 atom stereocenters. The zero-order chi connectivity index (χ0) is 15.0. The van der Waals surface area contributed by atoms with E-state index >= 15 is 0 Å². The average molecular weight is 302 g/mol. The number of hydrogen-bond donors (Lipinski definition) is 1. The van der Waals surface area contributed by atoms with E-state index in [2.05, 4.69) is 11.1 Å². The molecule has 1 aromatic carbocycles. The minimum Gasteiger partial charge on any atom is -0.324 e. The molecule has 2 aromatic rings. The number of carbonyl (C=O) groups excluding carboxylic acids is 1. The number of rotatable bonds is 2. The summed E-state index contributed by atoms with van der Waals surface area (Å²) in [5.41, 5.74) is 9.68. The first kappa shape index (κ1) is 14.0. The van der Waals surface area contributed by atoms with Crippen molar-refractivity contribution in [3.63, 3.8) is 0 Å². The fourth-order valence-electron chi connectivity index (χ4n) is 2.61. The van der Waals surface area contributed by atoms with Crippen molar-refractivity contribution in [3.8, 4) is 0 Å². The summed E-state index contributed by atoms with van der Waals surface area (Å²) >= 11 is 5.86. The number of nitrogens with two attached hydrogens (primary N) is 1. The summed E-state index contributed by atoms with van der Waals surface area (Å²) in [5.74, 6) is -0.0494. The van der Waals surface area contributed by atoms with Gasteiger partial charge in [-0.2, -0.15) is 0 Å². The summed E-state index contributed by atoms with van der Waals surface area (Å²) in [5, 5.41) is 0.326. The molecule has 0 aliphatic carbocycles. The molecular weight excluding hydrogens is 286 g/mol. The van der Waals surface area contributed by atoms with Gasteiger partial charge in [0, 0.05) is 30.0 Å². The third-order valence-electron chi connectivity index (χ3n) is 3.74. The normalized spacial score (nSPS) is 14.9. The third kappa shape index (κ3) is 2.64. The molecule has 0 bridgehead atoms. The van der Waals surface area contributed by atoms with Crippen molar-refractivity contribution in [1.29, 1.82) is 0 Å². The van der Waals surface area contributed by atoms with Gasteiger partial charge in [0.15, 0.2) is 0 Å². The minimum absolute atomic E-state index is 0.000874. The summed E-state index contributed by atoms with van der Waals surface area (Å²) in [4.78, 5) is 18.3. The van der Waals surface area contributed by atoms with E-state index in [0.717, 1.165) is 17.7 Å². The van der Waals surface area contributed by atoms with Gasteiger partial charge in [0.2, 0.25) is 0 Å². The van der Waals surface area contributed by atoms with Crippen molar-refractivity contribution >= 4 is 23.2 Å². The number of amides is 1. The number of hydrogen-bond acceptors (Lipinski definition) is 3. The standard InChI is InChI=1S/C16H16ClN3O/c1-10(18)11-2-3-14-12(8-11)5-7-20(14)16(21)13-4-6-19-15(17)9-13/h2-4,6,8-10H,5,7,18H2,1H3/t10-/m1/s1. The van der Waals surface area contributed by atoms with Crippen LogP contribution < -0.4 is 10.6 Å². The molecule has 1 amide bonds. The van der Waals surface area contributed by atoms with Crippen LogP contribution >= 0.6 is 11.6 Å². The van der Waals surface area contributed by atoms with Crippen LogP contribution in [0.2, 0.25) is 5.15 Å². The molecule has 0 radical (unpaired) electrons. The summed E-state index contributed by atoms with van der Waals surface area (Å²) in [6, 6.07) is 9.32. The summed E-state index contributed by atoms with van der Waals surface area (Å²) in [6.07, 6.45) is 2.40. The van der Waals surface area contributed by atoms with E-state index in [1.807, 2.05) is 19.1 Å². The molecule has 1 aliphatic heterocycles. The van der Waals surface area contributed by atoms with Gasteiger partial charge in [0.25, 0.3) is 5.91 Å². The van der Waals surface area contributed by atoms with Crippen molar-refractivity contribution < 1.29 is 4.79 Å². The van der Waals surface area contributed by atoms with Gasteiger partial charge in [-0.1, -0.05) is 23.7 Å². The van der Waals surface area contributed by atoms with Crippen LogP contribution in [0.3, 0.4) is 0 Å². The molecule has 108 valence electrons. The summed E-state index contributed by atoms with van der Waals surface area (Å²) < 4.78 is 0. The average Bonchev–Trinajstić information content (AvgIpc) is 2.89. The highest BCUT2D eigenvalue weighted by Crippen LogP contribution is 2.31. The molecule has 5 heteroatoms. The molecule has 0 spiro atoms. The van der Waals surface area contributed by atoms with Gasteiger partial charge in [0.1, 0.15) is 5.15 Å². The fourth-order valence-corrected chi connectivity index (χ4v) is 2.78. The number of carbonyl (C=O) groups is 1. The van der Waals surface area contributed by atoms with Crippen LogP contribution in [-0.2, 0) is 6.42 Å². The molecule has 0 saturated heterocycles. The molecule has 4 nitrogen and oxygen atoms in total. The number of nitrogens with zero attached hydrogens (tertiary/aromatic N) is 2. The van der Waals surface area contributed by atoms with E-state index in [0.29, 0.717) is 17.3 Å². The Labute approximate surface area is 128 Å². The molecule has 2 N–H and O–H groups in total. The highest BCUT2D eigenvalue weighted by molar-refractivity contribution is 6.29. The Kier molecular flexibility index (Phi) is 3.66. The minimum atomic E-state index is -0.0494. The van der Waals surface area contributed by atoms with Gasteiger partial charge in [0.05, 0.1) is 0 Å². The number of halogens is 1. The van der Waals surface area contributed by atoms with Gasteiger partial charge in [-0.25, -0.2) is 4.98 Å². The molecular formula is C16H16ClN3O. The molecule has 1 aromatic heterocycles. The van der Waals surface area contributed by atoms with Crippen LogP contribution in [0.4, 0.5) is 5.69 Å². The SMILES string of the molecule is C[C@@H](N)c1ccc2c(c1)CCN2C(=O)c1ccnc(Cl)c1. The summed E-state index contributed by atoms with van der Waals surface area (Å²) in [7, 11) is 0. The summed E-state index contributed by atoms with van der Waals surface area (Å²) in [6.45, 7) is 2.63. The first-order chi connectivity index (χ1) is 10.1. The quantitative estimate of drug-likeness (QED) is 0.868. The lowest BCUT2D eigenvalue weighted by Crippen LogP contribution is -2.28. The van der Waals surface area contributed by atoms with Gasteiger partial charge in [-0.05, 0) is 42.7 Å². The zero-order valence-corrected chi connectivity index (χ0v) is 12.5. The second kappa shape index (κ2) is 5.47. The first-order valence-corrected chi connectivity index (χ1v) is 7.26. The van der Waals surface area contributed by atoms with Crippen molar-refractivity contribution in [2.75, 3.05) is 11.4 Å². The molecule has 2 heterocycles. The van der Waals surface area contributed by atoms with Crippen LogP contribution in [0.1, 0.15) is 34.5 Å². The monoisotopic (exact) mass is 301 g/mol. The van der Waals surface area contributed by atoms with Crippen LogP contribution in [0.25, 0.3) is 0 Å². The molecule has 0 saturated carbocycles. The predicted octanol–water partition coefficient (Wildman–Crippen LogP) is 2.96. The van der Waals surface area contributed by atoms with Crippen LogP contribution in [0.5, 0.6) is 0 Å². The number of anilines is 1. The zero-order valence-electron chi connectivity index (χ0n) is 11.7. The Morgan fingerprint density at radius 1 is 1.38 bits per heavy atom. The first-order valence-electron chi connectivity index (χ1n) is 6.88. The van der Waals surface area contributed by atoms with Crippen LogP contribution in [0, 0.1) is 0 Å². The van der Waals surface area contributed by atoms with Crippen molar-refractivity contribution in [2.24, 2.45) is 5.73 Å². The van der Waals surface area contributed by atoms with Gasteiger partial charge >= 0.3 is 0 Å². The van der Waals surface area contributed by atoms with Gasteiger partial charge < -0.3 is 10.6 Å². The van der Waals surface area contributed by atoms with Crippen molar-refractivity contribution in [2.45, 2.75) is 19.4 Å². The lowest BCUT2D eigenvalue weighted by molar-refractivity contribution is 0.0989. The molecule has 21 heavy (non-hydrogen) atoms. The molecule has 0 unspecified atom stereocenters. The smallest absolute Gasteiger partial charge is 0.258 e. The van der Waals surface area contributed by atoms with E-state index in [9.17, 15) is 4.79 Å². The number of benzene rings is 1. The maximum atomic E-state index is 12.6. The topological polar surface area (TPSA) is 59.2 Å². The third-order valence-corrected chi connectivity index (χ3v) is 3.95. The number of aromatic nitrogens is 1. The lowest BCUT2D eigenvalue weighted by atomic mass is 10.0. The fraction of sp³-hybridized carbons (Fsp3) is 0.250. The lowest BCUT2D eigenvalue weighted by Gasteiger charge is -2.18. The van der Waals surface area contributed by atoms with Crippen LogP contribution in [0.15, 0.2) is 36.5 Å². The second-order valence-electron chi connectivity index (χ2n) is 5.25.